The van der Waals surface area contributed by atoms with Gasteiger partial charge >= 0.3 is 5.97 Å². The van der Waals surface area contributed by atoms with Gasteiger partial charge in [-0.25, -0.2) is 9.78 Å². The van der Waals surface area contributed by atoms with E-state index < -0.39 is 0 Å². The summed E-state index contributed by atoms with van der Waals surface area (Å²) in [6.07, 6.45) is 7.02. The number of carbonyl (C=O) groups is 1. The molecule has 1 fully saturated rings. The Balaban J connectivity index is 1.76. The molecular formula is C21H24N4O3S. The highest BCUT2D eigenvalue weighted by molar-refractivity contribution is 7.20. The van der Waals surface area contributed by atoms with Gasteiger partial charge in [-0.05, 0) is 57.5 Å². The van der Waals surface area contributed by atoms with Crippen LogP contribution in [0, 0.1) is 6.92 Å². The van der Waals surface area contributed by atoms with Gasteiger partial charge in [-0.1, -0.05) is 6.42 Å². The largest absolute Gasteiger partial charge is 0.462 e. The second-order valence-corrected chi connectivity index (χ2v) is 8.03. The maximum Gasteiger partial charge on any atom is 0.348 e. The maximum absolute atomic E-state index is 12.4. The van der Waals surface area contributed by atoms with Crippen molar-refractivity contribution in [2.75, 3.05) is 19.7 Å². The number of fused-ring (bicyclic) bond motifs is 1. The molecular weight excluding hydrogens is 388 g/mol. The maximum atomic E-state index is 12.4. The van der Waals surface area contributed by atoms with Gasteiger partial charge in [0.15, 0.2) is 0 Å². The monoisotopic (exact) mass is 412 g/mol. The molecule has 0 aromatic carbocycles. The third kappa shape index (κ3) is 4.38. The van der Waals surface area contributed by atoms with E-state index >= 15 is 0 Å². The van der Waals surface area contributed by atoms with Gasteiger partial charge in [-0.3, -0.25) is 9.88 Å². The fourth-order valence-electron chi connectivity index (χ4n) is 3.52. The molecule has 0 unspecified atom stereocenters. The van der Waals surface area contributed by atoms with Gasteiger partial charge in [0.25, 0.3) is 0 Å². The van der Waals surface area contributed by atoms with Crippen molar-refractivity contribution in [2.24, 2.45) is 0 Å². The average molecular weight is 413 g/mol. The average Bonchev–Trinajstić information content (AvgIpc) is 3.06. The number of carbonyl (C=O) groups excluding carboxylic acids is 1. The number of aryl methyl sites for hydroxylation is 1. The van der Waals surface area contributed by atoms with Crippen LogP contribution < -0.4 is 4.74 Å². The molecule has 1 aliphatic rings. The number of likely N-dealkylation sites (tertiary alicyclic amines) is 1. The van der Waals surface area contributed by atoms with Crippen LogP contribution in [0.25, 0.3) is 10.2 Å². The first kappa shape index (κ1) is 19.7. The van der Waals surface area contributed by atoms with E-state index in [1.807, 2.05) is 19.1 Å². The number of piperidine rings is 1. The summed E-state index contributed by atoms with van der Waals surface area (Å²) in [6.45, 7) is 6.79. The predicted octanol–water partition coefficient (Wildman–Crippen LogP) is 4.35. The third-order valence-electron chi connectivity index (χ3n) is 4.93. The molecule has 0 N–H and O–H groups in total. The summed E-state index contributed by atoms with van der Waals surface area (Å²) < 4.78 is 11.3. The van der Waals surface area contributed by atoms with E-state index in [-0.39, 0.29) is 5.97 Å². The SMILES string of the molecule is CCOC(=O)c1sc2nc(CN3CCCCC3)nc(Oc3cccnc3)c2c1C. The molecule has 0 bridgehead atoms. The zero-order chi connectivity index (χ0) is 20.2. The minimum Gasteiger partial charge on any atom is -0.462 e. The molecule has 152 valence electrons. The Morgan fingerprint density at radius 1 is 1.24 bits per heavy atom. The number of aromatic nitrogens is 3. The van der Waals surface area contributed by atoms with E-state index in [9.17, 15) is 4.79 Å². The van der Waals surface area contributed by atoms with Crippen LogP contribution in [0.15, 0.2) is 24.5 Å². The van der Waals surface area contributed by atoms with E-state index in [1.165, 1.54) is 30.6 Å². The molecule has 8 heteroatoms. The van der Waals surface area contributed by atoms with Gasteiger partial charge in [0.2, 0.25) is 5.88 Å². The number of esters is 1. The zero-order valence-electron chi connectivity index (χ0n) is 16.7. The molecule has 1 aliphatic heterocycles. The number of hydrogen-bond donors (Lipinski definition) is 0. The molecule has 1 saturated heterocycles. The van der Waals surface area contributed by atoms with Gasteiger partial charge < -0.3 is 9.47 Å². The van der Waals surface area contributed by atoms with Crippen LogP contribution in [0.2, 0.25) is 0 Å². The fourth-order valence-corrected chi connectivity index (χ4v) is 4.60. The van der Waals surface area contributed by atoms with Crippen molar-refractivity contribution >= 4 is 27.5 Å². The molecule has 3 aromatic rings. The summed E-state index contributed by atoms with van der Waals surface area (Å²) in [5.41, 5.74) is 0.784. The smallest absolute Gasteiger partial charge is 0.348 e. The van der Waals surface area contributed by atoms with Crippen molar-refractivity contribution in [3.8, 4) is 11.6 Å². The highest BCUT2D eigenvalue weighted by atomic mass is 32.1. The van der Waals surface area contributed by atoms with Gasteiger partial charge in [-0.2, -0.15) is 4.98 Å². The van der Waals surface area contributed by atoms with E-state index in [2.05, 4.69) is 9.88 Å². The second kappa shape index (κ2) is 8.84. The second-order valence-electron chi connectivity index (χ2n) is 7.03. The van der Waals surface area contributed by atoms with Crippen molar-refractivity contribution in [1.82, 2.24) is 19.9 Å². The van der Waals surface area contributed by atoms with E-state index in [1.54, 1.807) is 19.3 Å². The number of thiophene rings is 1. The number of nitrogens with zero attached hydrogens (tertiary/aromatic N) is 4. The summed E-state index contributed by atoms with van der Waals surface area (Å²) in [5, 5.41) is 0.754. The lowest BCUT2D eigenvalue weighted by molar-refractivity contribution is 0.0531. The highest BCUT2D eigenvalue weighted by Crippen LogP contribution is 2.37. The van der Waals surface area contributed by atoms with E-state index in [0.717, 1.165) is 28.9 Å². The zero-order valence-corrected chi connectivity index (χ0v) is 17.5. The number of ether oxygens (including phenoxy) is 2. The topological polar surface area (TPSA) is 77.4 Å². The van der Waals surface area contributed by atoms with Gasteiger partial charge in [0.1, 0.15) is 21.3 Å². The van der Waals surface area contributed by atoms with Crippen LogP contribution in [-0.2, 0) is 11.3 Å². The molecule has 0 aliphatic carbocycles. The molecule has 0 radical (unpaired) electrons. The molecule has 29 heavy (non-hydrogen) atoms. The van der Waals surface area contributed by atoms with Crippen LogP contribution in [0.3, 0.4) is 0 Å². The van der Waals surface area contributed by atoms with Crippen LogP contribution in [0.5, 0.6) is 11.6 Å². The molecule has 4 rings (SSSR count). The number of pyridine rings is 1. The molecule has 0 atom stereocenters. The molecule has 0 amide bonds. The Bertz CT molecular complexity index is 1000. The Kier molecular flexibility index (Phi) is 6.01. The van der Waals surface area contributed by atoms with Gasteiger partial charge in [0, 0.05) is 6.20 Å². The molecule has 0 saturated carbocycles. The number of hydrogen-bond acceptors (Lipinski definition) is 8. The van der Waals surface area contributed by atoms with Crippen molar-refractivity contribution in [2.45, 2.75) is 39.7 Å². The summed E-state index contributed by atoms with van der Waals surface area (Å²) >= 11 is 1.33. The first-order valence-electron chi connectivity index (χ1n) is 9.93. The number of rotatable bonds is 6. The van der Waals surface area contributed by atoms with Crippen LogP contribution in [0.4, 0.5) is 0 Å². The Morgan fingerprint density at radius 3 is 2.79 bits per heavy atom. The predicted molar refractivity (Wildman–Crippen MR) is 112 cm³/mol. The van der Waals surface area contributed by atoms with Crippen molar-refractivity contribution in [1.29, 1.82) is 0 Å². The third-order valence-corrected chi connectivity index (χ3v) is 6.09. The van der Waals surface area contributed by atoms with Gasteiger partial charge in [0.05, 0.1) is 24.7 Å². The highest BCUT2D eigenvalue weighted by Gasteiger charge is 2.23. The van der Waals surface area contributed by atoms with Crippen LogP contribution >= 0.6 is 11.3 Å². The summed E-state index contributed by atoms with van der Waals surface area (Å²) in [6, 6.07) is 3.64. The van der Waals surface area contributed by atoms with E-state index in [0.29, 0.717) is 35.5 Å². The van der Waals surface area contributed by atoms with Crippen LogP contribution in [0.1, 0.15) is 47.2 Å². The van der Waals surface area contributed by atoms with Gasteiger partial charge in [-0.15, -0.1) is 11.3 Å². The van der Waals surface area contributed by atoms with Crippen LogP contribution in [-0.4, -0.2) is 45.5 Å². The normalized spacial score (nSPS) is 14.8. The Labute approximate surface area is 173 Å². The summed E-state index contributed by atoms with van der Waals surface area (Å²) in [7, 11) is 0. The fraction of sp³-hybridized carbons (Fsp3) is 0.429. The first-order chi connectivity index (χ1) is 14.2. The minimum atomic E-state index is -0.335. The molecule has 4 heterocycles. The lowest BCUT2D eigenvalue weighted by Gasteiger charge is -2.25. The Morgan fingerprint density at radius 2 is 2.07 bits per heavy atom. The van der Waals surface area contributed by atoms with Crippen molar-refractivity contribution in [3.63, 3.8) is 0 Å². The Hall–Kier alpha value is -2.58. The first-order valence-corrected chi connectivity index (χ1v) is 10.7. The quantitative estimate of drug-likeness (QED) is 0.557. The minimum absolute atomic E-state index is 0.331. The summed E-state index contributed by atoms with van der Waals surface area (Å²) in [5.74, 6) is 1.42. The lowest BCUT2D eigenvalue weighted by atomic mass is 10.1. The molecule has 7 nitrogen and oxygen atoms in total. The summed E-state index contributed by atoms with van der Waals surface area (Å²) in [4.78, 5) is 29.6. The lowest BCUT2D eigenvalue weighted by Crippen LogP contribution is -2.29. The standard InChI is InChI=1S/C21H24N4O3S/c1-3-27-21(26)18-14(2)17-19(28-15-8-7-9-22-12-15)23-16(24-20(17)29-18)13-25-10-5-4-6-11-25/h7-9,12H,3-6,10-11,13H2,1-2H3. The van der Waals surface area contributed by atoms with Crippen molar-refractivity contribution < 1.29 is 14.3 Å². The van der Waals surface area contributed by atoms with E-state index in [4.69, 9.17) is 19.4 Å². The molecule has 3 aromatic heterocycles. The van der Waals surface area contributed by atoms with Crippen molar-refractivity contribution in [3.05, 3.63) is 40.8 Å². The molecule has 0 spiro atoms.